The molecule has 3 aromatic rings. The number of nitrogens with zero attached hydrogens (tertiary/aromatic N) is 2. The molecule has 0 aliphatic rings. The Hall–Kier alpha value is -1.53. The zero-order valence-electron chi connectivity index (χ0n) is 18.5. The van der Waals surface area contributed by atoms with Gasteiger partial charge in [0.05, 0.1) is 16.7 Å². The highest BCUT2D eigenvalue weighted by atomic mass is 35.5. The Balaban J connectivity index is 1.93. The van der Waals surface area contributed by atoms with Gasteiger partial charge in [-0.05, 0) is 31.2 Å². The molecule has 2 aromatic carbocycles. The van der Waals surface area contributed by atoms with Crippen LogP contribution in [0.2, 0.25) is 10.0 Å². The van der Waals surface area contributed by atoms with Gasteiger partial charge in [0, 0.05) is 41.7 Å². The molecule has 0 saturated heterocycles. The number of alkyl halides is 2. The molecule has 0 saturated carbocycles. The Morgan fingerprint density at radius 2 is 1.79 bits per heavy atom. The lowest BCUT2D eigenvalue weighted by atomic mass is 10.1. The number of benzene rings is 2. The van der Waals surface area contributed by atoms with Crippen molar-refractivity contribution in [3.8, 4) is 22.6 Å². The molecule has 1 atom stereocenters. The van der Waals surface area contributed by atoms with E-state index in [0.29, 0.717) is 51.1 Å². The highest BCUT2D eigenvalue weighted by Crippen LogP contribution is 2.46. The first-order chi connectivity index (χ1) is 16.2. The normalized spacial score (nSPS) is 13.1. The largest absolute Gasteiger partial charge is 0.356 e. The lowest BCUT2D eigenvalue weighted by Gasteiger charge is -2.26. The molecule has 0 spiro atoms. The Labute approximate surface area is 218 Å². The second-order valence-corrected chi connectivity index (χ2v) is 12.2. The molecule has 1 amide bonds. The van der Waals surface area contributed by atoms with Crippen LogP contribution in [-0.4, -0.2) is 41.4 Å². The van der Waals surface area contributed by atoms with E-state index in [2.05, 4.69) is 5.16 Å². The van der Waals surface area contributed by atoms with Gasteiger partial charge in [-0.25, -0.2) is 0 Å². The molecular formula is C23H23Cl4N2O4P. The molecule has 1 aromatic heterocycles. The van der Waals surface area contributed by atoms with Crippen molar-refractivity contribution in [1.82, 2.24) is 5.16 Å². The van der Waals surface area contributed by atoms with E-state index in [1.807, 2.05) is 0 Å². The molecular weight excluding hydrogens is 541 g/mol. The fourth-order valence-electron chi connectivity index (χ4n) is 3.38. The summed E-state index contributed by atoms with van der Waals surface area (Å²) in [6.07, 6.45) is 0.533. The molecule has 1 heterocycles. The SMILES string of the molecule is CCOP(=O)(CC)CCN(C(=O)C(Cl)Cl)c1cccc(-c2cc(-c3c(Cl)cccc3Cl)no2)c1. The van der Waals surface area contributed by atoms with Crippen LogP contribution in [0.15, 0.2) is 53.1 Å². The Bertz CT molecular complexity index is 1180. The maximum atomic E-state index is 12.9. The number of carbonyl (C=O) groups excluding carboxylic acids is 1. The molecule has 11 heteroatoms. The van der Waals surface area contributed by atoms with E-state index < -0.39 is 18.1 Å². The highest BCUT2D eigenvalue weighted by molar-refractivity contribution is 7.59. The summed E-state index contributed by atoms with van der Waals surface area (Å²) in [4.78, 5) is 12.9. The van der Waals surface area contributed by atoms with Gasteiger partial charge in [-0.3, -0.25) is 9.36 Å². The predicted octanol–water partition coefficient (Wildman–Crippen LogP) is 7.79. The standard InChI is InChI=1S/C23H23Cl4N2O4P/c1-3-32-34(31,4-2)12-11-29(23(30)22(26)27)16-8-5-7-15(13-16)20-14-19(28-33-20)21-17(24)9-6-10-18(21)25/h5-10,13-14,22H,3-4,11-12H2,1-2H3. The van der Waals surface area contributed by atoms with Crippen LogP contribution < -0.4 is 4.90 Å². The number of amides is 1. The second-order valence-electron chi connectivity index (χ2n) is 7.29. The van der Waals surface area contributed by atoms with Crippen molar-refractivity contribution in [2.24, 2.45) is 0 Å². The molecule has 3 rings (SSSR count). The lowest BCUT2D eigenvalue weighted by molar-refractivity contribution is -0.116. The van der Waals surface area contributed by atoms with Crippen LogP contribution in [0.5, 0.6) is 0 Å². The first-order valence-electron chi connectivity index (χ1n) is 10.5. The Morgan fingerprint density at radius 1 is 1.12 bits per heavy atom. The number of hydrogen-bond donors (Lipinski definition) is 0. The number of carbonyl (C=O) groups is 1. The van der Waals surface area contributed by atoms with Crippen molar-refractivity contribution in [1.29, 1.82) is 0 Å². The van der Waals surface area contributed by atoms with Crippen LogP contribution in [0.4, 0.5) is 5.69 Å². The van der Waals surface area contributed by atoms with E-state index in [1.165, 1.54) is 4.90 Å². The minimum atomic E-state index is -2.89. The number of hydrogen-bond acceptors (Lipinski definition) is 5. The molecule has 34 heavy (non-hydrogen) atoms. The number of aromatic nitrogens is 1. The van der Waals surface area contributed by atoms with Crippen LogP contribution >= 0.6 is 53.8 Å². The van der Waals surface area contributed by atoms with Crippen LogP contribution in [0.25, 0.3) is 22.6 Å². The summed E-state index contributed by atoms with van der Waals surface area (Å²) < 4.78 is 23.9. The zero-order chi connectivity index (χ0) is 24.9. The second kappa shape index (κ2) is 11.9. The molecule has 0 fully saturated rings. The monoisotopic (exact) mass is 562 g/mol. The first-order valence-corrected chi connectivity index (χ1v) is 14.1. The highest BCUT2D eigenvalue weighted by Gasteiger charge is 2.27. The average molecular weight is 564 g/mol. The van der Waals surface area contributed by atoms with Crippen LogP contribution in [0.1, 0.15) is 13.8 Å². The van der Waals surface area contributed by atoms with Crippen LogP contribution in [-0.2, 0) is 13.9 Å². The minimum absolute atomic E-state index is 0.125. The van der Waals surface area contributed by atoms with Crippen molar-refractivity contribution in [2.45, 2.75) is 18.7 Å². The van der Waals surface area contributed by atoms with Crippen molar-refractivity contribution < 1.29 is 18.4 Å². The van der Waals surface area contributed by atoms with Crippen LogP contribution in [0.3, 0.4) is 0 Å². The van der Waals surface area contributed by atoms with Gasteiger partial charge >= 0.3 is 0 Å². The number of halogens is 4. The Kier molecular flexibility index (Phi) is 9.50. The molecule has 0 radical (unpaired) electrons. The lowest BCUT2D eigenvalue weighted by Crippen LogP contribution is -2.37. The average Bonchev–Trinajstić information content (AvgIpc) is 3.29. The summed E-state index contributed by atoms with van der Waals surface area (Å²) in [6.45, 7) is 4.03. The molecule has 0 bridgehead atoms. The Morgan fingerprint density at radius 3 is 2.41 bits per heavy atom. The summed E-state index contributed by atoms with van der Waals surface area (Å²) in [5.74, 6) is -0.0807. The summed E-state index contributed by atoms with van der Waals surface area (Å²) >= 11 is 24.4. The summed E-state index contributed by atoms with van der Waals surface area (Å²) in [5.41, 5.74) is 2.21. The number of rotatable bonds is 10. The molecule has 1 unspecified atom stereocenters. The van der Waals surface area contributed by atoms with Crippen LogP contribution in [0, 0.1) is 0 Å². The predicted molar refractivity (Wildman–Crippen MR) is 140 cm³/mol. The molecule has 0 aliphatic heterocycles. The number of anilines is 1. The summed E-state index contributed by atoms with van der Waals surface area (Å²) in [7, 11) is -2.89. The third-order valence-electron chi connectivity index (χ3n) is 5.13. The molecule has 0 N–H and O–H groups in total. The quantitative estimate of drug-likeness (QED) is 0.186. The van der Waals surface area contributed by atoms with Gasteiger partial charge in [0.25, 0.3) is 5.91 Å². The first kappa shape index (κ1) is 27.1. The zero-order valence-corrected chi connectivity index (χ0v) is 22.4. The summed E-state index contributed by atoms with van der Waals surface area (Å²) in [6, 6.07) is 13.9. The fourth-order valence-corrected chi connectivity index (χ4v) is 5.81. The van der Waals surface area contributed by atoms with E-state index in [1.54, 1.807) is 62.4 Å². The van der Waals surface area contributed by atoms with E-state index in [4.69, 9.17) is 55.5 Å². The smallest absolute Gasteiger partial charge is 0.260 e. The van der Waals surface area contributed by atoms with Gasteiger partial charge in [0.15, 0.2) is 10.6 Å². The van der Waals surface area contributed by atoms with Gasteiger partial charge in [-0.2, -0.15) is 0 Å². The third-order valence-corrected chi connectivity index (χ3v) is 8.71. The van der Waals surface area contributed by atoms with E-state index in [0.717, 1.165) is 0 Å². The van der Waals surface area contributed by atoms with Crippen molar-refractivity contribution >= 4 is 65.4 Å². The fraction of sp³-hybridized carbons (Fsp3) is 0.304. The van der Waals surface area contributed by atoms with Crippen molar-refractivity contribution in [3.63, 3.8) is 0 Å². The minimum Gasteiger partial charge on any atom is -0.356 e. The van der Waals surface area contributed by atoms with Gasteiger partial charge < -0.3 is 13.9 Å². The van der Waals surface area contributed by atoms with Gasteiger partial charge in [0.1, 0.15) is 5.69 Å². The van der Waals surface area contributed by atoms with Gasteiger partial charge in [0.2, 0.25) is 7.37 Å². The summed E-state index contributed by atoms with van der Waals surface area (Å²) in [5, 5.41) is 5.00. The van der Waals surface area contributed by atoms with E-state index in [-0.39, 0.29) is 12.7 Å². The molecule has 0 aliphatic carbocycles. The van der Waals surface area contributed by atoms with Crippen molar-refractivity contribution in [2.75, 3.05) is 30.4 Å². The topological polar surface area (TPSA) is 72.6 Å². The van der Waals surface area contributed by atoms with Gasteiger partial charge in [-0.1, -0.05) is 76.7 Å². The van der Waals surface area contributed by atoms with E-state index in [9.17, 15) is 9.36 Å². The maximum absolute atomic E-state index is 12.9. The third kappa shape index (κ3) is 6.37. The molecule has 182 valence electrons. The molecule has 6 nitrogen and oxygen atoms in total. The maximum Gasteiger partial charge on any atom is 0.260 e. The van der Waals surface area contributed by atoms with Crippen molar-refractivity contribution in [3.05, 3.63) is 58.6 Å². The van der Waals surface area contributed by atoms with Gasteiger partial charge in [-0.15, -0.1) is 0 Å². The van der Waals surface area contributed by atoms with E-state index >= 15 is 0 Å².